The second kappa shape index (κ2) is 6.72. The molecule has 0 spiro atoms. The van der Waals surface area contributed by atoms with E-state index in [2.05, 4.69) is 22.7 Å². The zero-order chi connectivity index (χ0) is 9.40. The fourth-order valence-electron chi connectivity index (χ4n) is 0.450. The summed E-state index contributed by atoms with van der Waals surface area (Å²) < 4.78 is 4.28. The van der Waals surface area contributed by atoms with E-state index in [1.807, 2.05) is 0 Å². The van der Waals surface area contributed by atoms with Gasteiger partial charge < -0.3 is 10.1 Å². The number of amides is 1. The van der Waals surface area contributed by atoms with Crippen molar-refractivity contribution in [2.75, 3.05) is 19.4 Å². The summed E-state index contributed by atoms with van der Waals surface area (Å²) in [6, 6.07) is 0. The average Bonchev–Trinajstić information content (AvgIpc) is 2.10. The minimum absolute atomic E-state index is 0.325. The van der Waals surface area contributed by atoms with Crippen molar-refractivity contribution < 1.29 is 14.3 Å². The van der Waals surface area contributed by atoms with Gasteiger partial charge in [0.2, 0.25) is 5.91 Å². The molecule has 0 aliphatic heterocycles. The molecule has 0 radical (unpaired) electrons. The van der Waals surface area contributed by atoms with Gasteiger partial charge in [-0.15, -0.1) is 0 Å². The van der Waals surface area contributed by atoms with Gasteiger partial charge in [0.15, 0.2) is 0 Å². The molecule has 0 aromatic heterocycles. The van der Waals surface area contributed by atoms with Crippen LogP contribution in [0.25, 0.3) is 0 Å². The van der Waals surface area contributed by atoms with E-state index < -0.39 is 5.97 Å². The normalized spacial score (nSPS) is 9.83. The van der Waals surface area contributed by atoms with E-state index >= 15 is 0 Å². The lowest BCUT2D eigenvalue weighted by molar-refractivity contribution is -0.135. The molecule has 0 aliphatic rings. The Labute approximate surface area is 76.4 Å². The quantitative estimate of drug-likeness (QED) is 0.364. The van der Waals surface area contributed by atoms with Gasteiger partial charge in [0.25, 0.3) is 0 Å². The molecule has 0 rings (SSSR count). The van der Waals surface area contributed by atoms with E-state index in [4.69, 9.17) is 0 Å². The first-order valence-corrected chi connectivity index (χ1v) is 3.98. The summed E-state index contributed by atoms with van der Waals surface area (Å²) >= 11 is 3.89. The van der Waals surface area contributed by atoms with Crippen molar-refractivity contribution in [2.24, 2.45) is 0 Å². The Morgan fingerprint density at radius 2 is 2.17 bits per heavy atom. The zero-order valence-corrected chi connectivity index (χ0v) is 7.64. The molecule has 0 fully saturated rings. The average molecular weight is 189 g/mol. The molecule has 0 unspecified atom stereocenters. The van der Waals surface area contributed by atoms with Crippen LogP contribution in [0.3, 0.4) is 0 Å². The second-order valence-electron chi connectivity index (χ2n) is 1.87. The van der Waals surface area contributed by atoms with Gasteiger partial charge in [-0.2, -0.15) is 12.6 Å². The van der Waals surface area contributed by atoms with Crippen LogP contribution in [0.1, 0.15) is 0 Å². The lowest BCUT2D eigenvalue weighted by Crippen LogP contribution is -2.23. The van der Waals surface area contributed by atoms with Gasteiger partial charge in [-0.25, -0.2) is 4.79 Å². The van der Waals surface area contributed by atoms with Crippen molar-refractivity contribution in [1.29, 1.82) is 0 Å². The number of hydrogen-bond donors (Lipinski definition) is 2. The minimum atomic E-state index is -0.545. The van der Waals surface area contributed by atoms with Crippen LogP contribution < -0.4 is 5.32 Å². The van der Waals surface area contributed by atoms with Crippen molar-refractivity contribution in [2.45, 2.75) is 0 Å². The zero-order valence-electron chi connectivity index (χ0n) is 6.74. The first-order chi connectivity index (χ1) is 5.70. The number of rotatable bonds is 4. The Morgan fingerprint density at radius 3 is 2.67 bits per heavy atom. The van der Waals surface area contributed by atoms with Gasteiger partial charge in [0.1, 0.15) is 0 Å². The number of esters is 1. The largest absolute Gasteiger partial charge is 0.466 e. The third-order valence-corrected chi connectivity index (χ3v) is 1.21. The van der Waals surface area contributed by atoms with E-state index in [0.717, 1.165) is 12.2 Å². The van der Waals surface area contributed by atoms with Crippen LogP contribution in [0.4, 0.5) is 0 Å². The number of carbonyl (C=O) groups is 2. The molecule has 1 amide bonds. The highest BCUT2D eigenvalue weighted by Crippen LogP contribution is 1.78. The van der Waals surface area contributed by atoms with E-state index in [1.54, 1.807) is 0 Å². The number of methoxy groups -OCH3 is 1. The summed E-state index contributed by atoms with van der Waals surface area (Å²) in [5.74, 6) is -0.303. The maximum atomic E-state index is 10.8. The SMILES string of the molecule is COC(=O)/C=C\C(=O)NCCS. The van der Waals surface area contributed by atoms with Crippen LogP contribution in [-0.2, 0) is 14.3 Å². The standard InChI is InChI=1S/C7H11NO3S/c1-11-7(10)3-2-6(9)8-4-5-12/h2-3,12H,4-5H2,1H3,(H,8,9)/b3-2-. The van der Waals surface area contributed by atoms with E-state index in [0.29, 0.717) is 12.3 Å². The lowest BCUT2D eigenvalue weighted by Gasteiger charge is -1.96. The first-order valence-electron chi connectivity index (χ1n) is 3.35. The van der Waals surface area contributed by atoms with Gasteiger partial charge in [0, 0.05) is 24.4 Å². The molecule has 0 heterocycles. The fourth-order valence-corrected chi connectivity index (χ4v) is 0.562. The van der Waals surface area contributed by atoms with Gasteiger partial charge in [-0.05, 0) is 0 Å². The summed E-state index contributed by atoms with van der Waals surface area (Å²) in [4.78, 5) is 21.3. The van der Waals surface area contributed by atoms with Crippen molar-refractivity contribution in [1.82, 2.24) is 5.32 Å². The summed E-state index contributed by atoms with van der Waals surface area (Å²) in [6.45, 7) is 0.480. The number of nitrogens with one attached hydrogen (secondary N) is 1. The van der Waals surface area contributed by atoms with E-state index in [-0.39, 0.29) is 5.91 Å². The van der Waals surface area contributed by atoms with Crippen LogP contribution in [0, 0.1) is 0 Å². The van der Waals surface area contributed by atoms with Gasteiger partial charge >= 0.3 is 5.97 Å². The van der Waals surface area contributed by atoms with Crippen LogP contribution in [0.2, 0.25) is 0 Å². The molecule has 0 saturated heterocycles. The van der Waals surface area contributed by atoms with Crippen LogP contribution in [-0.4, -0.2) is 31.3 Å². The Kier molecular flexibility index (Phi) is 6.18. The third-order valence-electron chi connectivity index (χ3n) is 0.983. The predicted octanol–water partition coefficient (Wildman–Crippen LogP) is -0.238. The van der Waals surface area contributed by atoms with Crippen LogP contribution >= 0.6 is 12.6 Å². The Bertz CT molecular complexity index is 191. The predicted molar refractivity (Wildman–Crippen MR) is 48.0 cm³/mol. The third kappa shape index (κ3) is 5.79. The molecule has 0 aliphatic carbocycles. The van der Waals surface area contributed by atoms with E-state index in [9.17, 15) is 9.59 Å². The van der Waals surface area contributed by atoms with Gasteiger partial charge in [0.05, 0.1) is 7.11 Å². The summed E-state index contributed by atoms with van der Waals surface area (Å²) in [6.07, 6.45) is 2.18. The smallest absolute Gasteiger partial charge is 0.330 e. The minimum Gasteiger partial charge on any atom is -0.466 e. The number of hydrogen-bond acceptors (Lipinski definition) is 4. The van der Waals surface area contributed by atoms with Gasteiger partial charge in [-0.1, -0.05) is 0 Å². The maximum absolute atomic E-state index is 10.8. The highest BCUT2D eigenvalue weighted by atomic mass is 32.1. The molecule has 4 nitrogen and oxygen atoms in total. The molecule has 5 heteroatoms. The Balaban J connectivity index is 3.67. The monoisotopic (exact) mass is 189 g/mol. The molecule has 0 bridgehead atoms. The molecule has 0 atom stereocenters. The molecule has 0 aromatic rings. The van der Waals surface area contributed by atoms with Gasteiger partial charge in [-0.3, -0.25) is 4.79 Å². The number of thiol groups is 1. The first kappa shape index (κ1) is 11.0. The second-order valence-corrected chi connectivity index (χ2v) is 2.32. The molecular weight excluding hydrogens is 178 g/mol. The topological polar surface area (TPSA) is 55.4 Å². The highest BCUT2D eigenvalue weighted by Gasteiger charge is 1.95. The van der Waals surface area contributed by atoms with E-state index in [1.165, 1.54) is 7.11 Å². The summed E-state index contributed by atoms with van der Waals surface area (Å²) in [7, 11) is 1.25. The van der Waals surface area contributed by atoms with Crippen LogP contribution in [0.15, 0.2) is 12.2 Å². The van der Waals surface area contributed by atoms with Crippen molar-refractivity contribution in [3.05, 3.63) is 12.2 Å². The van der Waals surface area contributed by atoms with Crippen molar-refractivity contribution in [3.8, 4) is 0 Å². The number of carbonyl (C=O) groups excluding carboxylic acids is 2. The molecule has 0 saturated carbocycles. The molecule has 12 heavy (non-hydrogen) atoms. The lowest BCUT2D eigenvalue weighted by atomic mass is 10.4. The maximum Gasteiger partial charge on any atom is 0.330 e. The Morgan fingerprint density at radius 1 is 1.50 bits per heavy atom. The molecule has 1 N–H and O–H groups in total. The van der Waals surface area contributed by atoms with Crippen molar-refractivity contribution >= 4 is 24.5 Å². The summed E-state index contributed by atoms with van der Waals surface area (Å²) in [5.41, 5.74) is 0. The fraction of sp³-hybridized carbons (Fsp3) is 0.429. The van der Waals surface area contributed by atoms with Crippen LogP contribution in [0.5, 0.6) is 0 Å². The molecular formula is C7H11NO3S. The highest BCUT2D eigenvalue weighted by molar-refractivity contribution is 7.80. The molecule has 0 aromatic carbocycles. The van der Waals surface area contributed by atoms with Crippen molar-refractivity contribution in [3.63, 3.8) is 0 Å². The Hall–Kier alpha value is -0.970. The summed E-state index contributed by atoms with van der Waals surface area (Å²) in [5, 5.41) is 2.50. The molecule has 68 valence electrons. The number of ether oxygens (including phenoxy) is 1.